The van der Waals surface area contributed by atoms with Gasteiger partial charge in [0.25, 0.3) is 5.91 Å². The maximum atomic E-state index is 12.3. The summed E-state index contributed by atoms with van der Waals surface area (Å²) in [5.74, 6) is 5.22. The van der Waals surface area contributed by atoms with E-state index in [2.05, 4.69) is 5.32 Å². The van der Waals surface area contributed by atoms with Crippen LogP contribution in [0.1, 0.15) is 30.3 Å². The summed E-state index contributed by atoms with van der Waals surface area (Å²) in [5.41, 5.74) is -0.405. The fourth-order valence-corrected chi connectivity index (χ4v) is 1.94. The molecule has 1 aromatic rings. The van der Waals surface area contributed by atoms with Gasteiger partial charge in [0.1, 0.15) is 0 Å². The molecule has 0 saturated carbocycles. The highest BCUT2D eigenvalue weighted by atomic mass is 16.7. The standard InChI is InChI=1S/C16H27N3O6/c1-4-5-9-25-15-12(20)6-8-19(17)14(15)16(21)18-7-10-24-11-13(22-2)23-3/h6,8,13H,4-5,7,9-11,17H2,1-3H3,(H,18,21). The zero-order valence-electron chi connectivity index (χ0n) is 14.9. The maximum absolute atomic E-state index is 12.3. The van der Waals surface area contributed by atoms with Crippen LogP contribution in [0.25, 0.3) is 0 Å². The molecule has 0 bridgehead atoms. The average Bonchev–Trinajstić information content (AvgIpc) is 2.61. The Morgan fingerprint density at radius 3 is 2.68 bits per heavy atom. The molecule has 0 unspecified atom stereocenters. The molecule has 0 radical (unpaired) electrons. The minimum absolute atomic E-state index is 0.0183. The van der Waals surface area contributed by atoms with Crippen molar-refractivity contribution in [3.05, 3.63) is 28.2 Å². The van der Waals surface area contributed by atoms with Gasteiger partial charge in [-0.15, -0.1) is 0 Å². The van der Waals surface area contributed by atoms with Crippen molar-refractivity contribution in [2.45, 2.75) is 26.1 Å². The van der Waals surface area contributed by atoms with E-state index in [-0.39, 0.29) is 36.6 Å². The van der Waals surface area contributed by atoms with Crippen LogP contribution in [-0.2, 0) is 14.2 Å². The van der Waals surface area contributed by atoms with Crippen molar-refractivity contribution in [1.82, 2.24) is 9.99 Å². The molecule has 9 heteroatoms. The Hall–Kier alpha value is -2.10. The zero-order valence-corrected chi connectivity index (χ0v) is 14.9. The number of nitrogens with one attached hydrogen (secondary N) is 1. The number of carbonyl (C=O) groups is 1. The van der Waals surface area contributed by atoms with Gasteiger partial charge in [0, 0.05) is 33.0 Å². The molecule has 1 rings (SSSR count). The Bertz CT molecular complexity index is 586. The zero-order chi connectivity index (χ0) is 18.7. The van der Waals surface area contributed by atoms with Crippen molar-refractivity contribution in [3.63, 3.8) is 0 Å². The predicted molar refractivity (Wildman–Crippen MR) is 92.2 cm³/mol. The van der Waals surface area contributed by atoms with Gasteiger partial charge in [0.2, 0.25) is 5.43 Å². The molecule has 0 aliphatic rings. The van der Waals surface area contributed by atoms with Crippen LogP contribution in [0.3, 0.4) is 0 Å². The monoisotopic (exact) mass is 357 g/mol. The van der Waals surface area contributed by atoms with Gasteiger partial charge >= 0.3 is 0 Å². The highest BCUT2D eigenvalue weighted by Crippen LogP contribution is 2.12. The van der Waals surface area contributed by atoms with Crippen LogP contribution in [0.5, 0.6) is 5.75 Å². The third-order valence-electron chi connectivity index (χ3n) is 3.35. The highest BCUT2D eigenvalue weighted by molar-refractivity contribution is 5.95. The first kappa shape index (κ1) is 20.9. The third-order valence-corrected chi connectivity index (χ3v) is 3.35. The summed E-state index contributed by atoms with van der Waals surface area (Å²) in [7, 11) is 3.02. The number of carbonyl (C=O) groups excluding carboxylic acids is 1. The number of hydrogen-bond acceptors (Lipinski definition) is 7. The van der Waals surface area contributed by atoms with E-state index in [0.29, 0.717) is 6.61 Å². The average molecular weight is 357 g/mol. The van der Waals surface area contributed by atoms with E-state index in [4.69, 9.17) is 24.8 Å². The summed E-state index contributed by atoms with van der Waals surface area (Å²) in [6.07, 6.45) is 2.54. The predicted octanol–water partition coefficient (Wildman–Crippen LogP) is 0.106. The molecule has 3 N–H and O–H groups in total. The quantitative estimate of drug-likeness (QED) is 0.310. The number of pyridine rings is 1. The molecule has 9 nitrogen and oxygen atoms in total. The number of unbranched alkanes of at least 4 members (excludes halogenated alkanes) is 1. The van der Waals surface area contributed by atoms with Crippen molar-refractivity contribution in [1.29, 1.82) is 0 Å². The van der Waals surface area contributed by atoms with E-state index in [1.165, 1.54) is 26.5 Å². The first-order valence-electron chi connectivity index (χ1n) is 8.10. The van der Waals surface area contributed by atoms with Crippen LogP contribution in [0, 0.1) is 0 Å². The number of rotatable bonds is 12. The van der Waals surface area contributed by atoms with Crippen molar-refractivity contribution in [2.75, 3.05) is 46.4 Å². The van der Waals surface area contributed by atoms with E-state index in [1.54, 1.807) is 0 Å². The number of amides is 1. The molecule has 1 heterocycles. The number of methoxy groups -OCH3 is 2. The molecule has 25 heavy (non-hydrogen) atoms. The van der Waals surface area contributed by atoms with Crippen molar-refractivity contribution in [3.8, 4) is 5.75 Å². The summed E-state index contributed by atoms with van der Waals surface area (Å²) >= 11 is 0. The van der Waals surface area contributed by atoms with Gasteiger partial charge in [-0.2, -0.15) is 0 Å². The second kappa shape index (κ2) is 11.5. The van der Waals surface area contributed by atoms with Crippen LogP contribution in [-0.4, -0.2) is 57.5 Å². The molecule has 0 aliphatic heterocycles. The molecule has 1 aromatic heterocycles. The van der Waals surface area contributed by atoms with E-state index >= 15 is 0 Å². The summed E-state index contributed by atoms with van der Waals surface area (Å²) in [6.45, 7) is 3.07. The molecule has 0 fully saturated rings. The molecule has 0 aromatic carbocycles. The van der Waals surface area contributed by atoms with Crippen LogP contribution < -0.4 is 21.3 Å². The highest BCUT2D eigenvalue weighted by Gasteiger charge is 2.19. The second-order valence-electron chi connectivity index (χ2n) is 5.20. The van der Waals surface area contributed by atoms with Crippen LogP contribution in [0.2, 0.25) is 0 Å². The number of nitrogen functional groups attached to an aromatic ring is 1. The van der Waals surface area contributed by atoms with Gasteiger partial charge in [0.15, 0.2) is 17.7 Å². The summed E-state index contributed by atoms with van der Waals surface area (Å²) in [4.78, 5) is 24.3. The van der Waals surface area contributed by atoms with Gasteiger partial charge in [-0.3, -0.25) is 14.3 Å². The maximum Gasteiger partial charge on any atom is 0.273 e. The van der Waals surface area contributed by atoms with Crippen molar-refractivity contribution in [2.24, 2.45) is 0 Å². The van der Waals surface area contributed by atoms with Crippen LogP contribution >= 0.6 is 0 Å². The lowest BCUT2D eigenvalue weighted by molar-refractivity contribution is -0.139. The number of ether oxygens (including phenoxy) is 4. The molecular weight excluding hydrogens is 330 g/mol. The number of hydrogen-bond donors (Lipinski definition) is 2. The van der Waals surface area contributed by atoms with Gasteiger partial charge in [-0.1, -0.05) is 13.3 Å². The molecule has 0 aliphatic carbocycles. The van der Waals surface area contributed by atoms with Crippen molar-refractivity contribution < 1.29 is 23.7 Å². The van der Waals surface area contributed by atoms with E-state index in [9.17, 15) is 9.59 Å². The van der Waals surface area contributed by atoms with E-state index in [1.807, 2.05) is 6.92 Å². The van der Waals surface area contributed by atoms with Crippen LogP contribution in [0.4, 0.5) is 0 Å². The summed E-state index contributed by atoms with van der Waals surface area (Å²) in [6, 6.07) is 1.26. The Labute approximate surface area is 147 Å². The Morgan fingerprint density at radius 1 is 1.32 bits per heavy atom. The SMILES string of the molecule is CCCCOc1c(C(=O)NCCOCC(OC)OC)n(N)ccc1=O. The lowest BCUT2D eigenvalue weighted by Gasteiger charge is -2.15. The molecule has 0 atom stereocenters. The Kier molecular flexibility index (Phi) is 9.60. The first-order chi connectivity index (χ1) is 12.0. The van der Waals surface area contributed by atoms with E-state index < -0.39 is 12.2 Å². The topological polar surface area (TPSA) is 114 Å². The summed E-state index contributed by atoms with van der Waals surface area (Å²) < 4.78 is 21.8. The summed E-state index contributed by atoms with van der Waals surface area (Å²) in [5, 5.41) is 2.64. The second-order valence-corrected chi connectivity index (χ2v) is 5.20. The first-order valence-corrected chi connectivity index (χ1v) is 8.10. The van der Waals surface area contributed by atoms with Gasteiger partial charge in [-0.25, -0.2) is 0 Å². The van der Waals surface area contributed by atoms with Gasteiger partial charge in [0.05, 0.1) is 19.8 Å². The lowest BCUT2D eigenvalue weighted by atomic mass is 10.3. The van der Waals surface area contributed by atoms with Crippen molar-refractivity contribution >= 4 is 5.91 Å². The smallest absolute Gasteiger partial charge is 0.273 e. The van der Waals surface area contributed by atoms with Crippen LogP contribution in [0.15, 0.2) is 17.1 Å². The van der Waals surface area contributed by atoms with Gasteiger partial charge in [-0.05, 0) is 6.42 Å². The fraction of sp³-hybridized carbons (Fsp3) is 0.625. The fourth-order valence-electron chi connectivity index (χ4n) is 1.94. The third kappa shape index (κ3) is 6.73. The molecule has 0 saturated heterocycles. The minimum atomic E-state index is -0.509. The molecule has 1 amide bonds. The van der Waals surface area contributed by atoms with Gasteiger partial charge < -0.3 is 30.1 Å². The molecular formula is C16H27N3O6. The molecule has 142 valence electrons. The minimum Gasteiger partial charge on any atom is -0.487 e. The number of aromatic nitrogens is 1. The number of nitrogens with two attached hydrogens (primary N) is 1. The Balaban J connectivity index is 2.62. The van der Waals surface area contributed by atoms with E-state index in [0.717, 1.165) is 17.5 Å². The Morgan fingerprint density at radius 2 is 2.04 bits per heavy atom. The largest absolute Gasteiger partial charge is 0.487 e. The normalized spacial score (nSPS) is 10.9. The number of nitrogens with zero attached hydrogens (tertiary/aromatic N) is 1. The molecule has 0 spiro atoms. The lowest BCUT2D eigenvalue weighted by Crippen LogP contribution is -2.34.